The topological polar surface area (TPSA) is 96.0 Å². The van der Waals surface area contributed by atoms with Crippen molar-refractivity contribution in [1.82, 2.24) is 0 Å². The molecule has 0 amide bonds. The number of nitrogens with two attached hydrogens (primary N) is 1. The number of para-hydroxylation sites is 1. The molecule has 0 heterocycles. The molecule has 2 rings (SSSR count). The zero-order valence-corrected chi connectivity index (χ0v) is 12.7. The lowest BCUT2D eigenvalue weighted by molar-refractivity contribution is 0.601. The van der Waals surface area contributed by atoms with E-state index in [-0.39, 0.29) is 15.5 Å². The van der Waals surface area contributed by atoms with Crippen molar-refractivity contribution in [3.8, 4) is 6.07 Å². The predicted molar refractivity (Wildman–Crippen MR) is 82.6 cm³/mol. The van der Waals surface area contributed by atoms with Crippen LogP contribution in [0, 0.1) is 18.3 Å². The molecule has 0 spiro atoms. The van der Waals surface area contributed by atoms with Gasteiger partial charge in [-0.3, -0.25) is 4.72 Å². The minimum absolute atomic E-state index is 0.0332. The summed E-state index contributed by atoms with van der Waals surface area (Å²) in [5.74, 6) is 0. The van der Waals surface area contributed by atoms with E-state index in [1.165, 1.54) is 18.2 Å². The summed E-state index contributed by atoms with van der Waals surface area (Å²) in [6.07, 6.45) is 0. The molecule has 21 heavy (non-hydrogen) atoms. The number of hydrogen-bond donors (Lipinski definition) is 2. The summed E-state index contributed by atoms with van der Waals surface area (Å²) in [5.41, 5.74) is 7.37. The lowest BCUT2D eigenvalue weighted by Crippen LogP contribution is -2.15. The van der Waals surface area contributed by atoms with Gasteiger partial charge in [-0.05, 0) is 36.8 Å². The molecule has 0 atom stereocenters. The van der Waals surface area contributed by atoms with Gasteiger partial charge in [0.05, 0.1) is 26.9 Å². The lowest BCUT2D eigenvalue weighted by atomic mass is 10.2. The summed E-state index contributed by atoms with van der Waals surface area (Å²) in [6.45, 7) is 1.75. The molecule has 5 nitrogen and oxygen atoms in total. The average Bonchev–Trinajstić information content (AvgIpc) is 2.43. The van der Waals surface area contributed by atoms with Crippen LogP contribution in [-0.2, 0) is 10.0 Å². The van der Waals surface area contributed by atoms with E-state index in [9.17, 15) is 8.42 Å². The third-order valence-electron chi connectivity index (χ3n) is 2.91. The summed E-state index contributed by atoms with van der Waals surface area (Å²) in [7, 11) is -3.83. The maximum Gasteiger partial charge on any atom is 0.262 e. The van der Waals surface area contributed by atoms with E-state index < -0.39 is 10.0 Å². The van der Waals surface area contributed by atoms with Crippen LogP contribution in [0.4, 0.5) is 11.4 Å². The smallest absolute Gasteiger partial charge is 0.262 e. The van der Waals surface area contributed by atoms with Gasteiger partial charge in [0.15, 0.2) is 0 Å². The first-order valence-corrected chi connectivity index (χ1v) is 7.79. The Kier molecular flexibility index (Phi) is 4.07. The number of nitrogens with zero attached hydrogens (tertiary/aromatic N) is 1. The van der Waals surface area contributed by atoms with Crippen LogP contribution in [0.1, 0.15) is 11.1 Å². The zero-order valence-electron chi connectivity index (χ0n) is 11.1. The zero-order chi connectivity index (χ0) is 15.6. The molecule has 0 fully saturated rings. The number of aryl methyl sites for hydroxylation is 1. The second-order valence-corrected chi connectivity index (χ2v) is 6.49. The van der Waals surface area contributed by atoms with Crippen molar-refractivity contribution in [2.75, 3.05) is 10.5 Å². The summed E-state index contributed by atoms with van der Waals surface area (Å²) >= 11 is 5.86. The number of sulfonamides is 1. The summed E-state index contributed by atoms with van der Waals surface area (Å²) in [4.78, 5) is -0.0332. The second kappa shape index (κ2) is 5.64. The Labute approximate surface area is 128 Å². The first-order chi connectivity index (χ1) is 9.85. The summed E-state index contributed by atoms with van der Waals surface area (Å²) in [6, 6.07) is 10.9. The van der Waals surface area contributed by atoms with E-state index in [1.807, 2.05) is 6.07 Å². The second-order valence-electron chi connectivity index (χ2n) is 4.40. The van der Waals surface area contributed by atoms with Crippen LogP contribution in [0.15, 0.2) is 41.3 Å². The SMILES string of the molecule is Cc1cccc(N)c1NS(=O)(=O)c1ccc(C#N)c(Cl)c1. The normalized spacial score (nSPS) is 10.9. The number of nitrogen functional groups attached to an aromatic ring is 1. The highest BCUT2D eigenvalue weighted by molar-refractivity contribution is 7.92. The van der Waals surface area contributed by atoms with E-state index in [0.717, 1.165) is 0 Å². The molecule has 0 bridgehead atoms. The fourth-order valence-corrected chi connectivity index (χ4v) is 3.25. The third kappa shape index (κ3) is 3.10. The van der Waals surface area contributed by atoms with Gasteiger partial charge in [0.2, 0.25) is 0 Å². The van der Waals surface area contributed by atoms with Gasteiger partial charge < -0.3 is 5.73 Å². The average molecular weight is 322 g/mol. The number of halogens is 1. The van der Waals surface area contributed by atoms with Gasteiger partial charge in [0.25, 0.3) is 10.0 Å². The molecule has 7 heteroatoms. The number of benzene rings is 2. The lowest BCUT2D eigenvalue weighted by Gasteiger charge is -2.13. The van der Waals surface area contributed by atoms with Gasteiger partial charge in [-0.1, -0.05) is 23.7 Å². The van der Waals surface area contributed by atoms with Gasteiger partial charge in [0.1, 0.15) is 6.07 Å². The molecular formula is C14H12ClN3O2S. The molecule has 0 aromatic heterocycles. The standard InChI is InChI=1S/C14H12ClN3O2S/c1-9-3-2-4-13(17)14(9)18-21(19,20)11-6-5-10(8-16)12(15)7-11/h2-7,18H,17H2,1H3. The maximum absolute atomic E-state index is 12.3. The molecule has 0 aliphatic rings. The van der Waals surface area contributed by atoms with Crippen molar-refractivity contribution in [3.05, 3.63) is 52.5 Å². The Morgan fingerprint density at radius 1 is 1.29 bits per heavy atom. The fourth-order valence-electron chi connectivity index (χ4n) is 1.78. The van der Waals surface area contributed by atoms with Gasteiger partial charge in [-0.15, -0.1) is 0 Å². The van der Waals surface area contributed by atoms with Crippen molar-refractivity contribution in [3.63, 3.8) is 0 Å². The largest absolute Gasteiger partial charge is 0.397 e. The van der Waals surface area contributed by atoms with Crippen molar-refractivity contribution >= 4 is 33.0 Å². The van der Waals surface area contributed by atoms with E-state index >= 15 is 0 Å². The number of anilines is 2. The van der Waals surface area contributed by atoms with E-state index in [0.29, 0.717) is 16.9 Å². The van der Waals surface area contributed by atoms with Crippen molar-refractivity contribution in [2.45, 2.75) is 11.8 Å². The minimum Gasteiger partial charge on any atom is -0.397 e. The maximum atomic E-state index is 12.3. The highest BCUT2D eigenvalue weighted by atomic mass is 35.5. The van der Waals surface area contributed by atoms with Crippen LogP contribution in [0.25, 0.3) is 0 Å². The van der Waals surface area contributed by atoms with Crippen LogP contribution in [0.5, 0.6) is 0 Å². The van der Waals surface area contributed by atoms with Crippen molar-refractivity contribution in [1.29, 1.82) is 5.26 Å². The van der Waals surface area contributed by atoms with E-state index in [1.54, 1.807) is 25.1 Å². The first-order valence-electron chi connectivity index (χ1n) is 5.92. The Morgan fingerprint density at radius 2 is 2.00 bits per heavy atom. The van der Waals surface area contributed by atoms with Crippen LogP contribution in [0.2, 0.25) is 5.02 Å². The highest BCUT2D eigenvalue weighted by Crippen LogP contribution is 2.27. The minimum atomic E-state index is -3.83. The Balaban J connectivity index is 2.44. The van der Waals surface area contributed by atoms with Crippen LogP contribution in [0.3, 0.4) is 0 Å². The predicted octanol–water partition coefficient (Wildman–Crippen LogP) is 2.90. The molecule has 0 radical (unpaired) electrons. The number of hydrogen-bond acceptors (Lipinski definition) is 4. The first kappa shape index (κ1) is 15.2. The Morgan fingerprint density at radius 3 is 2.57 bits per heavy atom. The molecule has 0 saturated carbocycles. The number of rotatable bonds is 3. The molecule has 2 aromatic rings. The molecule has 0 aliphatic heterocycles. The van der Waals surface area contributed by atoms with Gasteiger partial charge >= 0.3 is 0 Å². The van der Waals surface area contributed by atoms with Crippen LogP contribution < -0.4 is 10.5 Å². The molecular weight excluding hydrogens is 310 g/mol. The molecule has 0 saturated heterocycles. The molecule has 3 N–H and O–H groups in total. The summed E-state index contributed by atoms with van der Waals surface area (Å²) in [5, 5.41) is 8.89. The van der Waals surface area contributed by atoms with Crippen LogP contribution in [-0.4, -0.2) is 8.42 Å². The highest BCUT2D eigenvalue weighted by Gasteiger charge is 2.18. The molecule has 0 aliphatic carbocycles. The van der Waals surface area contributed by atoms with Gasteiger partial charge in [-0.25, -0.2) is 8.42 Å². The van der Waals surface area contributed by atoms with Gasteiger partial charge in [-0.2, -0.15) is 5.26 Å². The quantitative estimate of drug-likeness (QED) is 0.849. The molecule has 108 valence electrons. The molecule has 0 unspecified atom stereocenters. The monoisotopic (exact) mass is 321 g/mol. The van der Waals surface area contributed by atoms with E-state index in [4.69, 9.17) is 22.6 Å². The Hall–Kier alpha value is -2.23. The number of nitriles is 1. The van der Waals surface area contributed by atoms with Crippen LogP contribution >= 0.6 is 11.6 Å². The molecule has 2 aromatic carbocycles. The summed E-state index contributed by atoms with van der Waals surface area (Å²) < 4.78 is 27.1. The third-order valence-corrected chi connectivity index (χ3v) is 4.57. The van der Waals surface area contributed by atoms with Gasteiger partial charge in [0, 0.05) is 0 Å². The van der Waals surface area contributed by atoms with Crippen molar-refractivity contribution < 1.29 is 8.42 Å². The number of nitrogens with one attached hydrogen (secondary N) is 1. The Bertz CT molecular complexity index is 822. The van der Waals surface area contributed by atoms with E-state index in [2.05, 4.69) is 4.72 Å². The van der Waals surface area contributed by atoms with Crippen molar-refractivity contribution in [2.24, 2.45) is 0 Å². The fraction of sp³-hybridized carbons (Fsp3) is 0.0714.